The molecular weight excluding hydrogens is 276 g/mol. The fourth-order valence-corrected chi connectivity index (χ4v) is 3.17. The van der Waals surface area contributed by atoms with Crippen LogP contribution in [0.3, 0.4) is 0 Å². The van der Waals surface area contributed by atoms with Crippen molar-refractivity contribution in [3.05, 3.63) is 4.88 Å². The minimum Gasteiger partial charge on any atom is -0.382 e. The van der Waals surface area contributed by atoms with Crippen LogP contribution >= 0.6 is 11.3 Å². The number of hydrogen-bond donors (Lipinski definition) is 2. The average molecular weight is 296 g/mol. The number of hydrogen-bond acceptors (Lipinski definition) is 6. The molecule has 0 aromatic carbocycles. The van der Waals surface area contributed by atoms with Crippen LogP contribution in [0.25, 0.3) is 0 Å². The molecule has 3 N–H and O–H groups in total. The van der Waals surface area contributed by atoms with E-state index in [2.05, 4.69) is 17.2 Å². The normalized spacial score (nSPS) is 22.9. The van der Waals surface area contributed by atoms with Crippen LogP contribution in [0.2, 0.25) is 0 Å². The lowest BCUT2D eigenvalue weighted by Crippen LogP contribution is -2.45. The van der Waals surface area contributed by atoms with Crippen LogP contribution in [0.4, 0.5) is 10.9 Å². The van der Waals surface area contributed by atoms with E-state index in [0.717, 1.165) is 11.6 Å². The van der Waals surface area contributed by atoms with Crippen molar-refractivity contribution in [1.29, 1.82) is 0 Å². The number of rotatable bonds is 4. The van der Waals surface area contributed by atoms with E-state index in [-0.39, 0.29) is 12.0 Å². The molecule has 1 saturated carbocycles. The molecule has 20 heavy (non-hydrogen) atoms. The third-order valence-corrected chi connectivity index (χ3v) is 4.62. The number of nitrogen functional groups attached to an aromatic ring is 1. The topological polar surface area (TPSA) is 80.5 Å². The molecule has 1 aliphatic heterocycles. The van der Waals surface area contributed by atoms with Gasteiger partial charge in [-0.15, -0.1) is 0 Å². The summed E-state index contributed by atoms with van der Waals surface area (Å²) in [4.78, 5) is 19.2. The van der Waals surface area contributed by atoms with Crippen molar-refractivity contribution in [2.75, 3.05) is 30.7 Å². The Bertz CT molecular complexity index is 501. The van der Waals surface area contributed by atoms with Crippen LogP contribution in [0.1, 0.15) is 35.9 Å². The Labute approximate surface area is 122 Å². The summed E-state index contributed by atoms with van der Waals surface area (Å²) in [6, 6.07) is 0.511. The van der Waals surface area contributed by atoms with Gasteiger partial charge in [0.25, 0.3) is 5.91 Å². The van der Waals surface area contributed by atoms with Crippen LogP contribution in [-0.4, -0.2) is 47.6 Å². The van der Waals surface area contributed by atoms with Gasteiger partial charge in [0.2, 0.25) is 0 Å². The molecule has 1 aromatic rings. The molecule has 3 rings (SSSR count). The van der Waals surface area contributed by atoms with E-state index in [1.807, 2.05) is 4.90 Å². The Hall–Kier alpha value is -1.34. The summed E-state index contributed by atoms with van der Waals surface area (Å²) in [6.45, 7) is 3.92. The Morgan fingerprint density at radius 3 is 3.10 bits per heavy atom. The molecule has 2 fully saturated rings. The summed E-state index contributed by atoms with van der Waals surface area (Å²) < 4.78 is 5.59. The fourth-order valence-electron chi connectivity index (χ4n) is 2.24. The predicted octanol–water partition coefficient (Wildman–Crippen LogP) is 1.55. The molecule has 0 radical (unpaired) electrons. The third kappa shape index (κ3) is 2.88. The second-order valence-corrected chi connectivity index (χ2v) is 6.30. The van der Waals surface area contributed by atoms with Crippen molar-refractivity contribution >= 4 is 28.2 Å². The fraction of sp³-hybridized carbons (Fsp3) is 0.692. The summed E-state index contributed by atoms with van der Waals surface area (Å²) in [6.07, 6.45) is 3.39. The molecule has 1 aliphatic carbocycles. The van der Waals surface area contributed by atoms with Gasteiger partial charge in [-0.1, -0.05) is 18.3 Å². The largest absolute Gasteiger partial charge is 0.382 e. The van der Waals surface area contributed by atoms with Crippen LogP contribution in [0.15, 0.2) is 0 Å². The Morgan fingerprint density at radius 2 is 2.40 bits per heavy atom. The molecule has 0 bridgehead atoms. The van der Waals surface area contributed by atoms with E-state index in [1.165, 1.54) is 24.2 Å². The summed E-state index contributed by atoms with van der Waals surface area (Å²) in [5.41, 5.74) is 5.89. The smallest absolute Gasteiger partial charge is 0.268 e. The Kier molecular flexibility index (Phi) is 3.80. The number of aromatic nitrogens is 1. The minimum absolute atomic E-state index is 0.0226. The van der Waals surface area contributed by atoms with Crippen LogP contribution in [0, 0.1) is 0 Å². The number of carbonyl (C=O) groups is 1. The molecule has 1 aromatic heterocycles. The van der Waals surface area contributed by atoms with E-state index in [0.29, 0.717) is 36.4 Å². The summed E-state index contributed by atoms with van der Waals surface area (Å²) in [5.74, 6) is 0.313. The van der Waals surface area contributed by atoms with Gasteiger partial charge in [0, 0.05) is 19.1 Å². The monoisotopic (exact) mass is 296 g/mol. The predicted molar refractivity (Wildman–Crippen MR) is 79.1 cm³/mol. The first-order chi connectivity index (χ1) is 9.67. The molecule has 7 heteroatoms. The van der Waals surface area contributed by atoms with Gasteiger partial charge >= 0.3 is 0 Å². The maximum absolute atomic E-state index is 12.5. The molecule has 1 atom stereocenters. The molecule has 0 spiro atoms. The molecule has 1 saturated heterocycles. The molecule has 2 heterocycles. The quantitative estimate of drug-likeness (QED) is 0.881. The zero-order valence-corrected chi connectivity index (χ0v) is 12.4. The maximum Gasteiger partial charge on any atom is 0.268 e. The third-order valence-electron chi connectivity index (χ3n) is 3.63. The standard InChI is InChI=1S/C13H20N4O2S/c1-2-9-7-17(5-6-19-9)12(18)10-11(14)16-13(20-10)15-8-3-4-8/h8-9H,2-7,14H2,1H3,(H,15,16). The molecular formula is C13H20N4O2S. The Balaban J connectivity index is 1.70. The number of nitrogens with two attached hydrogens (primary N) is 1. The molecule has 110 valence electrons. The van der Waals surface area contributed by atoms with Gasteiger partial charge in [0.05, 0.1) is 12.7 Å². The lowest BCUT2D eigenvalue weighted by molar-refractivity contribution is -0.0224. The zero-order valence-electron chi connectivity index (χ0n) is 11.6. The van der Waals surface area contributed by atoms with Crippen molar-refractivity contribution in [3.63, 3.8) is 0 Å². The number of ether oxygens (including phenoxy) is 1. The first kappa shape index (κ1) is 13.6. The highest BCUT2D eigenvalue weighted by molar-refractivity contribution is 7.18. The lowest BCUT2D eigenvalue weighted by Gasteiger charge is -2.32. The van der Waals surface area contributed by atoms with Crippen molar-refractivity contribution in [2.45, 2.75) is 38.3 Å². The number of amides is 1. The van der Waals surface area contributed by atoms with Gasteiger partial charge in [-0.05, 0) is 19.3 Å². The van der Waals surface area contributed by atoms with Crippen molar-refractivity contribution in [3.8, 4) is 0 Å². The van der Waals surface area contributed by atoms with Crippen molar-refractivity contribution < 1.29 is 9.53 Å². The van der Waals surface area contributed by atoms with Gasteiger partial charge in [-0.2, -0.15) is 0 Å². The number of thiazole rings is 1. The van der Waals surface area contributed by atoms with Crippen LogP contribution in [0.5, 0.6) is 0 Å². The van der Waals surface area contributed by atoms with Gasteiger partial charge in [-0.25, -0.2) is 4.98 Å². The van der Waals surface area contributed by atoms with E-state index in [9.17, 15) is 4.79 Å². The highest BCUT2D eigenvalue weighted by atomic mass is 32.1. The van der Waals surface area contributed by atoms with E-state index < -0.39 is 0 Å². The highest BCUT2D eigenvalue weighted by Gasteiger charge is 2.28. The number of carbonyl (C=O) groups excluding carboxylic acids is 1. The average Bonchev–Trinajstić information content (AvgIpc) is 3.20. The van der Waals surface area contributed by atoms with Gasteiger partial charge < -0.3 is 20.7 Å². The first-order valence-corrected chi connectivity index (χ1v) is 7.92. The van der Waals surface area contributed by atoms with E-state index in [4.69, 9.17) is 10.5 Å². The number of anilines is 2. The summed E-state index contributed by atoms with van der Waals surface area (Å²) in [7, 11) is 0. The zero-order chi connectivity index (χ0) is 14.1. The molecule has 2 aliphatic rings. The Morgan fingerprint density at radius 1 is 1.60 bits per heavy atom. The number of morpholine rings is 1. The first-order valence-electron chi connectivity index (χ1n) is 7.11. The second-order valence-electron chi connectivity index (χ2n) is 5.30. The van der Waals surface area contributed by atoms with Crippen LogP contribution in [-0.2, 0) is 4.74 Å². The van der Waals surface area contributed by atoms with E-state index >= 15 is 0 Å². The maximum atomic E-state index is 12.5. The second kappa shape index (κ2) is 5.57. The number of nitrogens with one attached hydrogen (secondary N) is 1. The number of nitrogens with zero attached hydrogens (tertiary/aromatic N) is 2. The molecule has 1 unspecified atom stereocenters. The van der Waals surface area contributed by atoms with E-state index in [1.54, 1.807) is 0 Å². The molecule has 6 nitrogen and oxygen atoms in total. The van der Waals surface area contributed by atoms with Gasteiger partial charge in [0.15, 0.2) is 5.13 Å². The van der Waals surface area contributed by atoms with Crippen LogP contribution < -0.4 is 11.1 Å². The van der Waals surface area contributed by atoms with Gasteiger partial charge in [0.1, 0.15) is 10.7 Å². The molecule has 1 amide bonds. The van der Waals surface area contributed by atoms with Gasteiger partial charge in [-0.3, -0.25) is 4.79 Å². The lowest BCUT2D eigenvalue weighted by atomic mass is 10.2. The summed E-state index contributed by atoms with van der Waals surface area (Å²) in [5, 5.41) is 4.04. The highest BCUT2D eigenvalue weighted by Crippen LogP contribution is 2.31. The van der Waals surface area contributed by atoms with Crippen molar-refractivity contribution in [2.24, 2.45) is 0 Å². The SMILES string of the molecule is CCC1CN(C(=O)c2sc(NC3CC3)nc2N)CCO1. The van der Waals surface area contributed by atoms with Crippen molar-refractivity contribution in [1.82, 2.24) is 9.88 Å². The summed E-state index contributed by atoms with van der Waals surface area (Å²) >= 11 is 1.36. The minimum atomic E-state index is -0.0226.